The van der Waals surface area contributed by atoms with Crippen molar-refractivity contribution in [3.05, 3.63) is 28.7 Å². The van der Waals surface area contributed by atoms with E-state index in [1.54, 1.807) is 7.05 Å². The minimum absolute atomic E-state index is 0.0683. The summed E-state index contributed by atoms with van der Waals surface area (Å²) in [7, 11) is 1.69. The SMILES string of the molecule is CCCCOc1ccc(C=C2SC(=S)N(C)C2=O)cc1OCC. The van der Waals surface area contributed by atoms with Crippen LogP contribution in [0.15, 0.2) is 23.1 Å². The standard InChI is InChI=1S/C17H21NO3S2/c1-4-6-9-21-13-8-7-12(10-14(13)20-5-2)11-15-16(19)18(3)17(22)23-15/h7-8,10-11H,4-6,9H2,1-3H3. The van der Waals surface area contributed by atoms with Crippen LogP contribution in [0.25, 0.3) is 6.08 Å². The summed E-state index contributed by atoms with van der Waals surface area (Å²) in [4.78, 5) is 14.2. The topological polar surface area (TPSA) is 38.8 Å². The van der Waals surface area contributed by atoms with Gasteiger partial charge in [0.15, 0.2) is 11.5 Å². The molecular weight excluding hydrogens is 330 g/mol. The quantitative estimate of drug-likeness (QED) is 0.420. The van der Waals surface area contributed by atoms with Crippen LogP contribution in [0.5, 0.6) is 11.5 Å². The molecular formula is C17H21NO3S2. The molecule has 0 saturated carbocycles. The summed E-state index contributed by atoms with van der Waals surface area (Å²) < 4.78 is 12.0. The van der Waals surface area contributed by atoms with E-state index in [-0.39, 0.29) is 5.91 Å². The Morgan fingerprint density at radius 1 is 1.26 bits per heavy atom. The third-order valence-electron chi connectivity index (χ3n) is 3.31. The maximum atomic E-state index is 12.1. The molecule has 1 aromatic rings. The second-order valence-electron chi connectivity index (χ2n) is 5.08. The molecule has 1 amide bonds. The van der Waals surface area contributed by atoms with Gasteiger partial charge in [-0.1, -0.05) is 43.4 Å². The number of carbonyl (C=O) groups is 1. The number of amides is 1. The molecule has 0 N–H and O–H groups in total. The fraction of sp³-hybridized carbons (Fsp3) is 0.412. The van der Waals surface area contributed by atoms with Crippen molar-refractivity contribution in [2.45, 2.75) is 26.7 Å². The summed E-state index contributed by atoms with van der Waals surface area (Å²) in [6, 6.07) is 5.71. The van der Waals surface area contributed by atoms with Gasteiger partial charge >= 0.3 is 0 Å². The van der Waals surface area contributed by atoms with E-state index in [9.17, 15) is 4.79 Å². The summed E-state index contributed by atoms with van der Waals surface area (Å²) in [5.74, 6) is 1.37. The highest BCUT2D eigenvalue weighted by molar-refractivity contribution is 8.26. The Labute approximate surface area is 146 Å². The summed E-state index contributed by atoms with van der Waals surface area (Å²) in [5, 5.41) is 0. The minimum Gasteiger partial charge on any atom is -0.490 e. The molecule has 0 unspecified atom stereocenters. The number of benzene rings is 1. The first kappa shape index (κ1) is 17.8. The van der Waals surface area contributed by atoms with Gasteiger partial charge in [0.25, 0.3) is 5.91 Å². The zero-order valence-electron chi connectivity index (χ0n) is 13.6. The molecule has 0 spiro atoms. The Bertz CT molecular complexity index is 628. The van der Waals surface area contributed by atoms with E-state index in [2.05, 4.69) is 6.92 Å². The zero-order valence-corrected chi connectivity index (χ0v) is 15.3. The van der Waals surface area contributed by atoms with Gasteiger partial charge in [-0.2, -0.15) is 0 Å². The normalized spacial score (nSPS) is 16.3. The number of thiocarbonyl (C=S) groups is 1. The van der Waals surface area contributed by atoms with Crippen LogP contribution in [0, 0.1) is 0 Å². The zero-order chi connectivity index (χ0) is 16.8. The first-order valence-electron chi connectivity index (χ1n) is 7.68. The molecule has 23 heavy (non-hydrogen) atoms. The number of rotatable bonds is 7. The predicted octanol–water partition coefficient (Wildman–Crippen LogP) is 4.10. The van der Waals surface area contributed by atoms with Crippen LogP contribution in [0.2, 0.25) is 0 Å². The van der Waals surface area contributed by atoms with E-state index >= 15 is 0 Å². The predicted molar refractivity (Wildman–Crippen MR) is 99.0 cm³/mol. The third kappa shape index (κ3) is 4.48. The van der Waals surface area contributed by atoms with E-state index in [0.29, 0.717) is 28.2 Å². The van der Waals surface area contributed by atoms with Gasteiger partial charge in [0, 0.05) is 7.05 Å². The number of unbranched alkanes of at least 4 members (excludes halogenated alkanes) is 1. The van der Waals surface area contributed by atoms with Crippen molar-refractivity contribution in [2.75, 3.05) is 20.3 Å². The highest BCUT2D eigenvalue weighted by Gasteiger charge is 2.28. The van der Waals surface area contributed by atoms with E-state index in [1.165, 1.54) is 16.7 Å². The molecule has 1 saturated heterocycles. The average Bonchev–Trinajstić information content (AvgIpc) is 2.77. The molecule has 1 aromatic carbocycles. The molecule has 1 heterocycles. The Morgan fingerprint density at radius 3 is 2.65 bits per heavy atom. The number of nitrogens with zero attached hydrogens (tertiary/aromatic N) is 1. The van der Waals surface area contributed by atoms with Crippen molar-refractivity contribution < 1.29 is 14.3 Å². The first-order chi connectivity index (χ1) is 11.1. The van der Waals surface area contributed by atoms with Gasteiger partial charge in [0.1, 0.15) is 4.32 Å². The van der Waals surface area contributed by atoms with E-state index in [0.717, 1.165) is 24.2 Å². The number of thioether (sulfide) groups is 1. The summed E-state index contributed by atoms with van der Waals surface area (Å²) in [6.07, 6.45) is 3.92. The van der Waals surface area contributed by atoms with Crippen LogP contribution in [0.3, 0.4) is 0 Å². The molecule has 0 atom stereocenters. The van der Waals surface area contributed by atoms with Crippen molar-refractivity contribution in [3.8, 4) is 11.5 Å². The fourth-order valence-corrected chi connectivity index (χ4v) is 3.20. The number of ether oxygens (including phenoxy) is 2. The van der Waals surface area contributed by atoms with E-state index < -0.39 is 0 Å². The summed E-state index contributed by atoms with van der Waals surface area (Å²) in [5.41, 5.74) is 0.894. The van der Waals surface area contributed by atoms with Crippen molar-refractivity contribution in [2.24, 2.45) is 0 Å². The molecule has 124 valence electrons. The smallest absolute Gasteiger partial charge is 0.265 e. The Hall–Kier alpha value is -1.53. The maximum absolute atomic E-state index is 12.1. The van der Waals surface area contributed by atoms with Crippen molar-refractivity contribution >= 4 is 40.3 Å². The molecule has 4 nitrogen and oxygen atoms in total. The van der Waals surface area contributed by atoms with Gasteiger partial charge in [0.05, 0.1) is 18.1 Å². The lowest BCUT2D eigenvalue weighted by Crippen LogP contribution is -2.22. The fourth-order valence-electron chi connectivity index (χ4n) is 2.03. The lowest BCUT2D eigenvalue weighted by atomic mass is 10.2. The molecule has 0 bridgehead atoms. The van der Waals surface area contributed by atoms with Gasteiger partial charge in [-0.25, -0.2) is 0 Å². The second-order valence-corrected chi connectivity index (χ2v) is 6.76. The van der Waals surface area contributed by atoms with Crippen LogP contribution in [0.4, 0.5) is 0 Å². The van der Waals surface area contributed by atoms with E-state index in [1.807, 2.05) is 31.2 Å². The van der Waals surface area contributed by atoms with Crippen LogP contribution in [-0.2, 0) is 4.79 Å². The van der Waals surface area contributed by atoms with Crippen LogP contribution in [-0.4, -0.2) is 35.4 Å². The first-order valence-corrected chi connectivity index (χ1v) is 8.90. The van der Waals surface area contributed by atoms with E-state index in [4.69, 9.17) is 21.7 Å². The number of likely N-dealkylation sites (N-methyl/N-ethyl adjacent to an activating group) is 1. The Kier molecular flexibility index (Phi) is 6.47. The summed E-state index contributed by atoms with van der Waals surface area (Å²) >= 11 is 6.46. The molecule has 0 aromatic heterocycles. The molecule has 0 aliphatic carbocycles. The molecule has 0 radical (unpaired) electrons. The number of hydrogen-bond donors (Lipinski definition) is 0. The van der Waals surface area contributed by atoms with Crippen LogP contribution < -0.4 is 9.47 Å². The van der Waals surface area contributed by atoms with Gasteiger partial charge < -0.3 is 9.47 Å². The average molecular weight is 351 g/mol. The van der Waals surface area contributed by atoms with Gasteiger partial charge in [-0.15, -0.1) is 0 Å². The Balaban J connectivity index is 2.22. The molecule has 1 aliphatic heterocycles. The molecule has 1 aliphatic rings. The minimum atomic E-state index is -0.0683. The monoisotopic (exact) mass is 351 g/mol. The molecule has 6 heteroatoms. The highest BCUT2D eigenvalue weighted by atomic mass is 32.2. The van der Waals surface area contributed by atoms with Crippen LogP contribution >= 0.6 is 24.0 Å². The highest BCUT2D eigenvalue weighted by Crippen LogP contribution is 2.34. The second kappa shape index (κ2) is 8.36. The van der Waals surface area contributed by atoms with Gasteiger partial charge in [-0.05, 0) is 37.1 Å². The largest absolute Gasteiger partial charge is 0.490 e. The lowest BCUT2D eigenvalue weighted by molar-refractivity contribution is -0.121. The number of carbonyl (C=O) groups excluding carboxylic acids is 1. The lowest BCUT2D eigenvalue weighted by Gasteiger charge is -2.12. The number of hydrogen-bond acceptors (Lipinski definition) is 5. The Morgan fingerprint density at radius 2 is 2.04 bits per heavy atom. The summed E-state index contributed by atoms with van der Waals surface area (Å²) in [6.45, 7) is 5.29. The third-order valence-corrected chi connectivity index (χ3v) is 4.79. The molecule has 1 fully saturated rings. The van der Waals surface area contributed by atoms with Gasteiger partial charge in [-0.3, -0.25) is 9.69 Å². The maximum Gasteiger partial charge on any atom is 0.265 e. The van der Waals surface area contributed by atoms with Crippen molar-refractivity contribution in [1.82, 2.24) is 4.90 Å². The molecule has 2 rings (SSSR count). The van der Waals surface area contributed by atoms with Crippen molar-refractivity contribution in [1.29, 1.82) is 0 Å². The van der Waals surface area contributed by atoms with Gasteiger partial charge in [0.2, 0.25) is 0 Å². The van der Waals surface area contributed by atoms with Crippen LogP contribution in [0.1, 0.15) is 32.3 Å². The van der Waals surface area contributed by atoms with Crippen molar-refractivity contribution in [3.63, 3.8) is 0 Å².